The minimum Gasteiger partial charge on any atom is -0.494 e. The standard InChI is InChI=1S/C12H15FO2/c1-8(7-9(2)14)10-5-4-6-11(15-3)12(10)13/h4-6,8H,7H2,1-3H3. The number of hydrogen-bond donors (Lipinski definition) is 0. The molecule has 2 nitrogen and oxygen atoms in total. The second kappa shape index (κ2) is 4.91. The zero-order valence-corrected chi connectivity index (χ0v) is 9.21. The van der Waals surface area contributed by atoms with Gasteiger partial charge in [0.1, 0.15) is 5.78 Å². The molecule has 1 aromatic carbocycles. The number of hydrogen-bond acceptors (Lipinski definition) is 2. The van der Waals surface area contributed by atoms with Gasteiger partial charge < -0.3 is 9.53 Å². The lowest BCUT2D eigenvalue weighted by atomic mass is 9.95. The van der Waals surface area contributed by atoms with Gasteiger partial charge in [-0.2, -0.15) is 0 Å². The summed E-state index contributed by atoms with van der Waals surface area (Å²) < 4.78 is 18.6. The lowest BCUT2D eigenvalue weighted by Crippen LogP contribution is -2.03. The van der Waals surface area contributed by atoms with E-state index in [-0.39, 0.29) is 23.3 Å². The Bertz CT molecular complexity index is 361. The molecule has 0 radical (unpaired) electrons. The highest BCUT2D eigenvalue weighted by Gasteiger charge is 2.15. The molecule has 0 fully saturated rings. The van der Waals surface area contributed by atoms with Crippen LogP contribution >= 0.6 is 0 Å². The Morgan fingerprint density at radius 3 is 2.73 bits per heavy atom. The van der Waals surface area contributed by atoms with E-state index in [0.29, 0.717) is 12.0 Å². The van der Waals surface area contributed by atoms with Crippen LogP contribution in [0.5, 0.6) is 5.75 Å². The molecule has 1 atom stereocenters. The van der Waals surface area contributed by atoms with E-state index in [1.54, 1.807) is 18.2 Å². The summed E-state index contributed by atoms with van der Waals surface area (Å²) in [5.74, 6) is -0.195. The van der Waals surface area contributed by atoms with Crippen molar-refractivity contribution in [1.82, 2.24) is 0 Å². The first-order valence-corrected chi connectivity index (χ1v) is 4.88. The fourth-order valence-electron chi connectivity index (χ4n) is 1.61. The lowest BCUT2D eigenvalue weighted by Gasteiger charge is -2.12. The molecule has 1 aromatic rings. The number of ether oxygens (including phenoxy) is 1. The van der Waals surface area contributed by atoms with Crippen molar-refractivity contribution in [3.63, 3.8) is 0 Å². The van der Waals surface area contributed by atoms with Crippen LogP contribution in [-0.4, -0.2) is 12.9 Å². The maximum atomic E-state index is 13.7. The van der Waals surface area contributed by atoms with Crippen molar-refractivity contribution in [1.29, 1.82) is 0 Å². The van der Waals surface area contributed by atoms with E-state index in [2.05, 4.69) is 0 Å². The SMILES string of the molecule is COc1cccc(C(C)CC(C)=O)c1F. The van der Waals surface area contributed by atoms with Gasteiger partial charge in [0.15, 0.2) is 11.6 Å². The number of ketones is 1. The van der Waals surface area contributed by atoms with E-state index in [9.17, 15) is 9.18 Å². The highest BCUT2D eigenvalue weighted by Crippen LogP contribution is 2.27. The summed E-state index contributed by atoms with van der Waals surface area (Å²) >= 11 is 0. The molecule has 3 heteroatoms. The first-order chi connectivity index (χ1) is 7.06. The third-order valence-electron chi connectivity index (χ3n) is 2.34. The molecule has 0 heterocycles. The van der Waals surface area contributed by atoms with E-state index in [4.69, 9.17) is 4.74 Å². The van der Waals surface area contributed by atoms with Crippen molar-refractivity contribution < 1.29 is 13.9 Å². The quantitative estimate of drug-likeness (QED) is 0.763. The molecule has 0 N–H and O–H groups in total. The van der Waals surface area contributed by atoms with Gasteiger partial charge in [-0.3, -0.25) is 0 Å². The Morgan fingerprint density at radius 2 is 2.20 bits per heavy atom. The predicted molar refractivity (Wildman–Crippen MR) is 56.7 cm³/mol. The molecule has 15 heavy (non-hydrogen) atoms. The third kappa shape index (κ3) is 2.78. The molecule has 0 bridgehead atoms. The summed E-state index contributed by atoms with van der Waals surface area (Å²) in [4.78, 5) is 10.9. The van der Waals surface area contributed by atoms with E-state index >= 15 is 0 Å². The van der Waals surface area contributed by atoms with Crippen molar-refractivity contribution in [2.75, 3.05) is 7.11 Å². The van der Waals surface area contributed by atoms with Gasteiger partial charge in [0.05, 0.1) is 7.11 Å². The Morgan fingerprint density at radius 1 is 1.53 bits per heavy atom. The van der Waals surface area contributed by atoms with Crippen molar-refractivity contribution >= 4 is 5.78 Å². The first-order valence-electron chi connectivity index (χ1n) is 4.88. The Hall–Kier alpha value is -1.38. The van der Waals surface area contributed by atoms with E-state index in [0.717, 1.165) is 0 Å². The first kappa shape index (κ1) is 11.7. The molecule has 1 unspecified atom stereocenters. The van der Waals surface area contributed by atoms with Crippen LogP contribution in [0.15, 0.2) is 18.2 Å². The van der Waals surface area contributed by atoms with E-state index < -0.39 is 0 Å². The molecular weight excluding hydrogens is 195 g/mol. The number of halogens is 1. The number of rotatable bonds is 4. The summed E-state index contributed by atoms with van der Waals surface area (Å²) in [5.41, 5.74) is 0.532. The molecule has 0 amide bonds. The average Bonchev–Trinajstić information content (AvgIpc) is 2.17. The van der Waals surface area contributed by atoms with Gasteiger partial charge >= 0.3 is 0 Å². The molecular formula is C12H15FO2. The smallest absolute Gasteiger partial charge is 0.168 e. The van der Waals surface area contributed by atoms with Crippen LogP contribution in [0, 0.1) is 5.82 Å². The van der Waals surface area contributed by atoms with Crippen LogP contribution in [-0.2, 0) is 4.79 Å². The highest BCUT2D eigenvalue weighted by molar-refractivity contribution is 5.76. The molecule has 82 valence electrons. The monoisotopic (exact) mass is 210 g/mol. The number of carbonyl (C=O) groups is 1. The zero-order valence-electron chi connectivity index (χ0n) is 9.21. The third-order valence-corrected chi connectivity index (χ3v) is 2.34. The Labute approximate surface area is 89.1 Å². The van der Waals surface area contributed by atoms with Crippen LogP contribution in [0.25, 0.3) is 0 Å². The summed E-state index contributed by atoms with van der Waals surface area (Å²) in [7, 11) is 1.43. The second-order valence-corrected chi connectivity index (χ2v) is 3.67. The summed E-state index contributed by atoms with van der Waals surface area (Å²) in [6.07, 6.45) is 0.351. The fraction of sp³-hybridized carbons (Fsp3) is 0.417. The van der Waals surface area contributed by atoms with Crippen LogP contribution in [0.1, 0.15) is 31.7 Å². The second-order valence-electron chi connectivity index (χ2n) is 3.67. The van der Waals surface area contributed by atoms with Gasteiger partial charge in [0.2, 0.25) is 0 Å². The zero-order chi connectivity index (χ0) is 11.4. The topological polar surface area (TPSA) is 26.3 Å². The van der Waals surface area contributed by atoms with Crippen molar-refractivity contribution in [3.05, 3.63) is 29.6 Å². The largest absolute Gasteiger partial charge is 0.494 e. The summed E-state index contributed by atoms with van der Waals surface area (Å²) in [6, 6.07) is 4.98. The van der Waals surface area contributed by atoms with Crippen LogP contribution in [0.2, 0.25) is 0 Å². The molecule has 0 saturated carbocycles. The van der Waals surface area contributed by atoms with Crippen LogP contribution in [0.4, 0.5) is 4.39 Å². The molecule has 0 aliphatic rings. The maximum absolute atomic E-state index is 13.7. The maximum Gasteiger partial charge on any atom is 0.168 e. The number of Topliss-reactive ketones (excluding diaryl/α,β-unsaturated/α-hetero) is 1. The highest BCUT2D eigenvalue weighted by atomic mass is 19.1. The normalized spacial score (nSPS) is 12.3. The minimum atomic E-state index is -0.367. The number of carbonyl (C=O) groups excluding carboxylic acids is 1. The Balaban J connectivity index is 2.98. The van der Waals surface area contributed by atoms with Gasteiger partial charge in [-0.25, -0.2) is 4.39 Å². The molecule has 0 aromatic heterocycles. The lowest BCUT2D eigenvalue weighted by molar-refractivity contribution is -0.117. The van der Waals surface area contributed by atoms with E-state index in [1.165, 1.54) is 14.0 Å². The van der Waals surface area contributed by atoms with Crippen molar-refractivity contribution in [2.24, 2.45) is 0 Å². The van der Waals surface area contributed by atoms with Crippen molar-refractivity contribution in [3.8, 4) is 5.75 Å². The molecule has 0 spiro atoms. The summed E-state index contributed by atoms with van der Waals surface area (Å²) in [6.45, 7) is 3.34. The van der Waals surface area contributed by atoms with Gasteiger partial charge in [0, 0.05) is 6.42 Å². The van der Waals surface area contributed by atoms with Crippen molar-refractivity contribution in [2.45, 2.75) is 26.2 Å². The number of benzene rings is 1. The molecule has 0 aliphatic carbocycles. The van der Waals surface area contributed by atoms with Crippen LogP contribution < -0.4 is 4.74 Å². The number of methoxy groups -OCH3 is 1. The van der Waals surface area contributed by atoms with Gasteiger partial charge in [0.25, 0.3) is 0 Å². The molecule has 0 aliphatic heterocycles. The summed E-state index contributed by atoms with van der Waals surface area (Å²) in [5, 5.41) is 0. The van der Waals surface area contributed by atoms with Gasteiger partial charge in [-0.1, -0.05) is 19.1 Å². The van der Waals surface area contributed by atoms with Crippen LogP contribution in [0.3, 0.4) is 0 Å². The van der Waals surface area contributed by atoms with Gasteiger partial charge in [-0.15, -0.1) is 0 Å². The Kier molecular flexibility index (Phi) is 3.83. The van der Waals surface area contributed by atoms with Gasteiger partial charge in [-0.05, 0) is 24.5 Å². The fourth-order valence-corrected chi connectivity index (χ4v) is 1.61. The predicted octanol–water partition coefficient (Wildman–Crippen LogP) is 2.92. The van der Waals surface area contributed by atoms with E-state index in [1.807, 2.05) is 6.92 Å². The minimum absolute atomic E-state index is 0.0599. The molecule has 0 saturated heterocycles. The molecule has 1 rings (SSSR count). The average molecular weight is 210 g/mol.